The second kappa shape index (κ2) is 7.73. The molecule has 0 bridgehead atoms. The molecule has 1 aliphatic rings. The van der Waals surface area contributed by atoms with E-state index in [4.69, 9.17) is 14.5 Å². The van der Waals surface area contributed by atoms with Crippen LogP contribution in [0, 0.1) is 0 Å². The molecule has 4 rings (SSSR count). The van der Waals surface area contributed by atoms with Crippen LogP contribution >= 0.6 is 0 Å². The summed E-state index contributed by atoms with van der Waals surface area (Å²) in [5.74, 6) is 1.30. The van der Waals surface area contributed by atoms with Crippen molar-refractivity contribution in [3.8, 4) is 22.8 Å². The van der Waals surface area contributed by atoms with Crippen molar-refractivity contribution in [2.24, 2.45) is 0 Å². The lowest BCUT2D eigenvalue weighted by Crippen LogP contribution is -2.32. The summed E-state index contributed by atoms with van der Waals surface area (Å²) in [5, 5.41) is 8.28. The smallest absolute Gasteiger partial charge is 0.252 e. The standard InChI is InChI=1S/C22H26N4O3/c1-5-14(4)24-22(27)16-11-18(25-21-17(16)12-23-26(21)13(2)3)15-6-7-19-20(10-15)29-9-8-28-19/h6-7,10-14H,5,8-9H2,1-4H3,(H,24,27). The molecular formula is C22H26N4O3. The number of nitrogens with zero attached hydrogens (tertiary/aromatic N) is 3. The number of benzene rings is 1. The number of amides is 1. The predicted octanol–water partition coefficient (Wildman–Crippen LogP) is 3.98. The lowest BCUT2D eigenvalue weighted by molar-refractivity contribution is 0.0941. The van der Waals surface area contributed by atoms with Gasteiger partial charge in [-0.2, -0.15) is 5.10 Å². The van der Waals surface area contributed by atoms with Gasteiger partial charge in [-0.25, -0.2) is 9.67 Å². The zero-order chi connectivity index (χ0) is 20.5. The van der Waals surface area contributed by atoms with Crippen molar-refractivity contribution in [2.45, 2.75) is 46.2 Å². The number of rotatable bonds is 5. The van der Waals surface area contributed by atoms with Gasteiger partial charge >= 0.3 is 0 Å². The molecule has 0 fully saturated rings. The van der Waals surface area contributed by atoms with Crippen LogP contribution in [0.15, 0.2) is 30.5 Å². The Kier molecular flexibility index (Phi) is 5.13. The molecule has 3 aromatic rings. The first-order chi connectivity index (χ1) is 14.0. The molecule has 0 saturated carbocycles. The van der Waals surface area contributed by atoms with Crippen LogP contribution in [0.25, 0.3) is 22.3 Å². The Hall–Kier alpha value is -3.09. The van der Waals surface area contributed by atoms with Crippen molar-refractivity contribution in [2.75, 3.05) is 13.2 Å². The number of nitrogens with one attached hydrogen (secondary N) is 1. The normalized spacial score (nSPS) is 14.2. The van der Waals surface area contributed by atoms with Gasteiger partial charge in [0.15, 0.2) is 17.1 Å². The maximum absolute atomic E-state index is 13.0. The summed E-state index contributed by atoms with van der Waals surface area (Å²) < 4.78 is 13.2. The zero-order valence-electron chi connectivity index (χ0n) is 17.2. The number of hydrogen-bond acceptors (Lipinski definition) is 5. The first-order valence-electron chi connectivity index (χ1n) is 10.1. The van der Waals surface area contributed by atoms with Gasteiger partial charge in [-0.05, 0) is 51.5 Å². The first kappa shape index (κ1) is 19.2. The molecular weight excluding hydrogens is 368 g/mol. The average Bonchev–Trinajstić information content (AvgIpc) is 3.16. The third-order valence-corrected chi connectivity index (χ3v) is 5.13. The summed E-state index contributed by atoms with van der Waals surface area (Å²) in [6.07, 6.45) is 2.59. The molecule has 1 amide bonds. The molecule has 0 aliphatic carbocycles. The molecule has 0 saturated heterocycles. The second-order valence-corrected chi connectivity index (χ2v) is 7.62. The van der Waals surface area contributed by atoms with Gasteiger partial charge in [-0.3, -0.25) is 4.79 Å². The van der Waals surface area contributed by atoms with Crippen LogP contribution in [0.5, 0.6) is 11.5 Å². The fraction of sp³-hybridized carbons (Fsp3) is 0.409. The lowest BCUT2D eigenvalue weighted by atomic mass is 10.1. The Morgan fingerprint density at radius 2 is 1.93 bits per heavy atom. The van der Waals surface area contributed by atoms with Crippen molar-refractivity contribution in [1.82, 2.24) is 20.1 Å². The maximum Gasteiger partial charge on any atom is 0.252 e. The Balaban J connectivity index is 1.86. The van der Waals surface area contributed by atoms with Gasteiger partial charge in [-0.1, -0.05) is 6.92 Å². The highest BCUT2D eigenvalue weighted by Gasteiger charge is 2.20. The van der Waals surface area contributed by atoms with Crippen LogP contribution in [0.2, 0.25) is 0 Å². The van der Waals surface area contributed by atoms with E-state index in [9.17, 15) is 4.79 Å². The van der Waals surface area contributed by atoms with Gasteiger partial charge in [0.25, 0.3) is 5.91 Å². The summed E-state index contributed by atoms with van der Waals surface area (Å²) >= 11 is 0. The summed E-state index contributed by atoms with van der Waals surface area (Å²) in [6, 6.07) is 7.78. The quantitative estimate of drug-likeness (QED) is 0.708. The highest BCUT2D eigenvalue weighted by molar-refractivity contribution is 6.06. The van der Waals surface area contributed by atoms with E-state index in [1.54, 1.807) is 6.20 Å². The van der Waals surface area contributed by atoms with Crippen molar-refractivity contribution in [1.29, 1.82) is 0 Å². The van der Waals surface area contributed by atoms with Gasteiger partial charge < -0.3 is 14.8 Å². The van der Waals surface area contributed by atoms with Gasteiger partial charge in [0, 0.05) is 17.6 Å². The number of fused-ring (bicyclic) bond motifs is 2. The van der Waals surface area contributed by atoms with E-state index in [0.29, 0.717) is 35.9 Å². The molecule has 7 nitrogen and oxygen atoms in total. The average molecular weight is 394 g/mol. The fourth-order valence-electron chi connectivity index (χ4n) is 3.34. The highest BCUT2D eigenvalue weighted by Crippen LogP contribution is 2.35. The molecule has 0 spiro atoms. The van der Waals surface area contributed by atoms with Crippen LogP contribution in [0.3, 0.4) is 0 Å². The second-order valence-electron chi connectivity index (χ2n) is 7.62. The molecule has 1 aliphatic heterocycles. The minimum absolute atomic E-state index is 0.0867. The molecule has 0 radical (unpaired) electrons. The molecule has 7 heteroatoms. The summed E-state index contributed by atoms with van der Waals surface area (Å²) in [7, 11) is 0. The third kappa shape index (κ3) is 3.64. The Morgan fingerprint density at radius 3 is 2.66 bits per heavy atom. The monoisotopic (exact) mass is 394 g/mol. The SMILES string of the molecule is CCC(C)NC(=O)c1cc(-c2ccc3c(c2)OCCO3)nc2c1cnn2C(C)C. The van der Waals surface area contributed by atoms with Crippen LogP contribution < -0.4 is 14.8 Å². The van der Waals surface area contributed by atoms with Crippen molar-refractivity contribution in [3.05, 3.63) is 36.0 Å². The molecule has 152 valence electrons. The van der Waals surface area contributed by atoms with E-state index in [-0.39, 0.29) is 18.0 Å². The number of pyridine rings is 1. The summed E-state index contributed by atoms with van der Waals surface area (Å²) in [4.78, 5) is 17.8. The molecule has 1 N–H and O–H groups in total. The number of carbonyl (C=O) groups excluding carboxylic acids is 1. The van der Waals surface area contributed by atoms with Gasteiger partial charge in [0.2, 0.25) is 0 Å². The molecule has 1 atom stereocenters. The predicted molar refractivity (Wildman–Crippen MR) is 112 cm³/mol. The molecule has 3 heterocycles. The summed E-state index contributed by atoms with van der Waals surface area (Å²) in [6.45, 7) is 9.20. The van der Waals surface area contributed by atoms with E-state index >= 15 is 0 Å². The van der Waals surface area contributed by atoms with Gasteiger partial charge in [-0.15, -0.1) is 0 Å². The highest BCUT2D eigenvalue weighted by atomic mass is 16.6. The van der Waals surface area contributed by atoms with Crippen molar-refractivity contribution < 1.29 is 14.3 Å². The minimum atomic E-state index is -0.117. The van der Waals surface area contributed by atoms with E-state index < -0.39 is 0 Å². The number of carbonyl (C=O) groups is 1. The third-order valence-electron chi connectivity index (χ3n) is 5.13. The lowest BCUT2D eigenvalue weighted by Gasteiger charge is -2.19. The number of ether oxygens (including phenoxy) is 2. The number of hydrogen-bond donors (Lipinski definition) is 1. The minimum Gasteiger partial charge on any atom is -0.486 e. The first-order valence-corrected chi connectivity index (χ1v) is 10.1. The Labute approximate surface area is 170 Å². The van der Waals surface area contributed by atoms with E-state index in [1.165, 1.54) is 0 Å². The van der Waals surface area contributed by atoms with Gasteiger partial charge in [0.1, 0.15) is 13.2 Å². The molecule has 29 heavy (non-hydrogen) atoms. The van der Waals surface area contributed by atoms with E-state index in [1.807, 2.05) is 56.6 Å². The van der Waals surface area contributed by atoms with Gasteiger partial charge in [0.05, 0.1) is 22.8 Å². The van der Waals surface area contributed by atoms with E-state index in [0.717, 1.165) is 23.1 Å². The van der Waals surface area contributed by atoms with Crippen LogP contribution in [-0.2, 0) is 0 Å². The molecule has 1 unspecified atom stereocenters. The Morgan fingerprint density at radius 1 is 1.17 bits per heavy atom. The van der Waals surface area contributed by atoms with Crippen LogP contribution in [-0.4, -0.2) is 39.9 Å². The molecule has 1 aromatic carbocycles. The summed E-state index contributed by atoms with van der Waals surface area (Å²) in [5.41, 5.74) is 2.84. The maximum atomic E-state index is 13.0. The van der Waals surface area contributed by atoms with Crippen molar-refractivity contribution in [3.63, 3.8) is 0 Å². The fourth-order valence-corrected chi connectivity index (χ4v) is 3.34. The van der Waals surface area contributed by atoms with Crippen LogP contribution in [0.1, 0.15) is 50.5 Å². The number of aromatic nitrogens is 3. The zero-order valence-corrected chi connectivity index (χ0v) is 17.2. The van der Waals surface area contributed by atoms with Crippen molar-refractivity contribution >= 4 is 16.9 Å². The van der Waals surface area contributed by atoms with Crippen LogP contribution in [0.4, 0.5) is 0 Å². The topological polar surface area (TPSA) is 78.3 Å². The Bertz CT molecular complexity index is 1060. The molecule has 2 aromatic heterocycles. The largest absolute Gasteiger partial charge is 0.486 e. The van der Waals surface area contributed by atoms with E-state index in [2.05, 4.69) is 10.4 Å².